The SMILES string of the molecule is CC(O)[C@]1(O)CN(S(=O)(=O)c2ccc(Cl)cn2)C[C@@H]1Oc1ccc(C#N)c(F)c1. The largest absolute Gasteiger partial charge is 0.486 e. The first-order chi connectivity index (χ1) is 13.6. The number of sulfonamides is 1. The molecule has 1 saturated heterocycles. The molecule has 1 fully saturated rings. The molecule has 29 heavy (non-hydrogen) atoms. The second-order valence-corrected chi connectivity index (χ2v) is 8.96. The highest BCUT2D eigenvalue weighted by Gasteiger charge is 2.54. The van der Waals surface area contributed by atoms with E-state index in [4.69, 9.17) is 21.6 Å². The second kappa shape index (κ2) is 7.85. The minimum absolute atomic E-state index is 0.0190. The summed E-state index contributed by atoms with van der Waals surface area (Å²) < 4.78 is 46.1. The number of hydrogen-bond donors (Lipinski definition) is 2. The van der Waals surface area contributed by atoms with Crippen molar-refractivity contribution in [1.82, 2.24) is 9.29 Å². The number of halogens is 2. The van der Waals surface area contributed by atoms with E-state index >= 15 is 0 Å². The van der Waals surface area contributed by atoms with E-state index in [0.717, 1.165) is 10.4 Å². The van der Waals surface area contributed by atoms with E-state index in [-0.39, 0.29) is 27.9 Å². The first kappa shape index (κ1) is 21.4. The van der Waals surface area contributed by atoms with E-state index in [0.29, 0.717) is 0 Å². The van der Waals surface area contributed by atoms with Crippen molar-refractivity contribution in [1.29, 1.82) is 5.26 Å². The molecule has 3 rings (SSSR count). The van der Waals surface area contributed by atoms with Crippen LogP contribution in [0.1, 0.15) is 12.5 Å². The molecule has 154 valence electrons. The van der Waals surface area contributed by atoms with Gasteiger partial charge in [0.25, 0.3) is 10.0 Å². The lowest BCUT2D eigenvalue weighted by Crippen LogP contribution is -2.53. The number of ether oxygens (including phenoxy) is 1. The molecule has 1 aliphatic rings. The number of hydrogen-bond acceptors (Lipinski definition) is 7. The zero-order chi connectivity index (χ0) is 21.4. The predicted octanol–water partition coefficient (Wildman–Crippen LogP) is 1.31. The summed E-state index contributed by atoms with van der Waals surface area (Å²) in [5.74, 6) is -0.840. The highest BCUT2D eigenvalue weighted by molar-refractivity contribution is 7.89. The van der Waals surface area contributed by atoms with Gasteiger partial charge in [-0.3, -0.25) is 0 Å². The molecule has 8 nitrogen and oxygen atoms in total. The number of aromatic nitrogens is 1. The maximum absolute atomic E-state index is 13.9. The van der Waals surface area contributed by atoms with Gasteiger partial charge in [0, 0.05) is 18.8 Å². The fourth-order valence-electron chi connectivity index (χ4n) is 2.99. The molecule has 1 unspecified atom stereocenters. The van der Waals surface area contributed by atoms with E-state index in [2.05, 4.69) is 4.98 Å². The van der Waals surface area contributed by atoms with Gasteiger partial charge in [0.15, 0.2) is 5.03 Å². The highest BCUT2D eigenvalue weighted by atomic mass is 35.5. The van der Waals surface area contributed by atoms with Crippen molar-refractivity contribution < 1.29 is 27.8 Å². The number of aliphatic hydroxyl groups is 2. The summed E-state index contributed by atoms with van der Waals surface area (Å²) in [7, 11) is -4.11. The summed E-state index contributed by atoms with van der Waals surface area (Å²) in [6.45, 7) is 0.531. The Hall–Kier alpha value is -2.29. The Bertz CT molecular complexity index is 1060. The van der Waals surface area contributed by atoms with Crippen molar-refractivity contribution in [2.24, 2.45) is 0 Å². The summed E-state index contributed by atoms with van der Waals surface area (Å²) >= 11 is 5.74. The van der Waals surface area contributed by atoms with Gasteiger partial charge in [0.1, 0.15) is 29.3 Å². The van der Waals surface area contributed by atoms with Crippen LogP contribution in [0.3, 0.4) is 0 Å². The molecule has 0 aliphatic carbocycles. The van der Waals surface area contributed by atoms with Crippen LogP contribution in [-0.2, 0) is 10.0 Å². The molecule has 2 aromatic rings. The summed E-state index contributed by atoms with van der Waals surface area (Å²) in [5, 5.41) is 29.8. The molecule has 1 aliphatic heterocycles. The number of pyridine rings is 1. The van der Waals surface area contributed by atoms with Crippen molar-refractivity contribution in [3.63, 3.8) is 0 Å². The van der Waals surface area contributed by atoms with Crippen LogP contribution in [0, 0.1) is 17.1 Å². The molecule has 1 aromatic carbocycles. The highest BCUT2D eigenvalue weighted by Crippen LogP contribution is 2.33. The Morgan fingerprint density at radius 3 is 2.72 bits per heavy atom. The van der Waals surface area contributed by atoms with Gasteiger partial charge in [-0.2, -0.15) is 9.57 Å². The Morgan fingerprint density at radius 2 is 2.17 bits per heavy atom. The molecule has 1 aromatic heterocycles. The standard InChI is InChI=1S/C18H17ClFN3O5S/c1-11(24)18(25)10-23(29(26,27)17-5-3-13(19)8-22-17)9-16(18)28-14-4-2-12(7-21)15(20)6-14/h2-6,8,11,16,24-25H,9-10H2,1H3/t11?,16-,18+/m0/s1. The average molecular weight is 442 g/mol. The monoisotopic (exact) mass is 441 g/mol. The quantitative estimate of drug-likeness (QED) is 0.716. The molecular weight excluding hydrogens is 425 g/mol. The lowest BCUT2D eigenvalue weighted by molar-refractivity contribution is -0.104. The van der Waals surface area contributed by atoms with E-state index < -0.39 is 40.2 Å². The molecule has 0 saturated carbocycles. The van der Waals surface area contributed by atoms with Crippen LogP contribution in [0.15, 0.2) is 41.6 Å². The molecule has 0 spiro atoms. The van der Waals surface area contributed by atoms with Crippen molar-refractivity contribution in [2.75, 3.05) is 13.1 Å². The number of nitriles is 1. The predicted molar refractivity (Wildman–Crippen MR) is 100 cm³/mol. The number of benzene rings is 1. The van der Waals surface area contributed by atoms with Crippen LogP contribution in [0.2, 0.25) is 5.02 Å². The fraction of sp³-hybridized carbons (Fsp3) is 0.333. The second-order valence-electron chi connectivity index (χ2n) is 6.64. The Morgan fingerprint density at radius 1 is 1.45 bits per heavy atom. The summed E-state index contributed by atoms with van der Waals surface area (Å²) in [5.41, 5.74) is -2.14. The van der Waals surface area contributed by atoms with Gasteiger partial charge >= 0.3 is 0 Å². The number of nitrogens with zero attached hydrogens (tertiary/aromatic N) is 3. The maximum Gasteiger partial charge on any atom is 0.260 e. The van der Waals surface area contributed by atoms with Crippen molar-refractivity contribution in [2.45, 2.75) is 29.8 Å². The Balaban J connectivity index is 1.90. The fourth-order valence-corrected chi connectivity index (χ4v) is 4.50. The third-order valence-corrected chi connectivity index (χ3v) is 6.68. The van der Waals surface area contributed by atoms with Gasteiger partial charge in [-0.15, -0.1) is 0 Å². The van der Waals surface area contributed by atoms with Crippen LogP contribution in [-0.4, -0.2) is 58.8 Å². The van der Waals surface area contributed by atoms with E-state index in [1.807, 2.05) is 0 Å². The molecule has 11 heteroatoms. The van der Waals surface area contributed by atoms with Crippen LogP contribution in [0.25, 0.3) is 0 Å². The van der Waals surface area contributed by atoms with E-state index in [1.54, 1.807) is 6.07 Å². The molecule has 0 bridgehead atoms. The number of β-amino-alcohol motifs (C(OH)–C–C–N with tert-alkyl or cyclic N) is 1. The number of aliphatic hydroxyl groups excluding tert-OH is 1. The van der Waals surface area contributed by atoms with Crippen molar-refractivity contribution in [3.8, 4) is 11.8 Å². The van der Waals surface area contributed by atoms with Crippen LogP contribution in [0.4, 0.5) is 4.39 Å². The van der Waals surface area contributed by atoms with Gasteiger partial charge in [-0.05, 0) is 31.2 Å². The first-order valence-corrected chi connectivity index (χ1v) is 10.3. The van der Waals surface area contributed by atoms with Crippen LogP contribution in [0.5, 0.6) is 5.75 Å². The first-order valence-electron chi connectivity index (χ1n) is 8.46. The molecule has 0 amide bonds. The summed E-state index contributed by atoms with van der Waals surface area (Å²) in [6, 6.07) is 7.75. The zero-order valence-electron chi connectivity index (χ0n) is 15.2. The number of rotatable bonds is 5. The van der Waals surface area contributed by atoms with Crippen molar-refractivity contribution >= 4 is 21.6 Å². The molecule has 2 N–H and O–H groups in total. The minimum atomic E-state index is -4.11. The third-order valence-electron chi connectivity index (χ3n) is 4.72. The molecular formula is C18H17ClFN3O5S. The third kappa shape index (κ3) is 4.05. The van der Waals surface area contributed by atoms with E-state index in [9.17, 15) is 23.0 Å². The van der Waals surface area contributed by atoms with Gasteiger partial charge in [-0.25, -0.2) is 17.8 Å². The summed E-state index contributed by atoms with van der Waals surface area (Å²) in [4.78, 5) is 3.80. The maximum atomic E-state index is 13.9. The van der Waals surface area contributed by atoms with Crippen LogP contribution >= 0.6 is 11.6 Å². The van der Waals surface area contributed by atoms with Gasteiger partial charge in [0.05, 0.1) is 23.2 Å². The molecule has 0 radical (unpaired) electrons. The topological polar surface area (TPSA) is 124 Å². The smallest absolute Gasteiger partial charge is 0.260 e. The minimum Gasteiger partial charge on any atom is -0.486 e. The van der Waals surface area contributed by atoms with Crippen molar-refractivity contribution in [3.05, 3.63) is 52.9 Å². The van der Waals surface area contributed by atoms with Gasteiger partial charge in [0.2, 0.25) is 0 Å². The Labute approximate surface area is 171 Å². The lowest BCUT2D eigenvalue weighted by atomic mass is 9.94. The average Bonchev–Trinajstić information content (AvgIpc) is 3.01. The summed E-state index contributed by atoms with van der Waals surface area (Å²) in [6.07, 6.45) is -1.37. The normalized spacial score (nSPS) is 23.5. The molecule has 2 heterocycles. The van der Waals surface area contributed by atoms with E-state index in [1.165, 1.54) is 37.4 Å². The lowest BCUT2D eigenvalue weighted by Gasteiger charge is -2.31. The van der Waals surface area contributed by atoms with Gasteiger partial charge in [-0.1, -0.05) is 11.6 Å². The molecule has 3 atom stereocenters. The van der Waals surface area contributed by atoms with Crippen LogP contribution < -0.4 is 4.74 Å². The Kier molecular flexibility index (Phi) is 5.80. The van der Waals surface area contributed by atoms with Gasteiger partial charge < -0.3 is 14.9 Å². The zero-order valence-corrected chi connectivity index (χ0v) is 16.7.